The topological polar surface area (TPSA) is 86.4 Å². The van der Waals surface area contributed by atoms with Crippen LogP contribution in [0.4, 0.5) is 10.8 Å². The van der Waals surface area contributed by atoms with Gasteiger partial charge in [0.15, 0.2) is 5.13 Å². The number of aryl methyl sites for hydroxylation is 2. The molecule has 2 aromatic carbocycles. The SMILES string of the molecule is CNCCNCC(=O)Nc1nc(-c2ccc3c(c2)CCN3C(=O)c2ccccc2C)c(C)s1. The Kier molecular flexibility index (Phi) is 7.17. The van der Waals surface area contributed by atoms with Gasteiger partial charge in [-0.25, -0.2) is 4.98 Å². The first-order valence-corrected chi connectivity index (χ1v) is 11.9. The van der Waals surface area contributed by atoms with E-state index in [1.807, 2.05) is 62.2 Å². The number of nitrogens with one attached hydrogen (secondary N) is 3. The summed E-state index contributed by atoms with van der Waals surface area (Å²) in [6, 6.07) is 13.8. The predicted molar refractivity (Wildman–Crippen MR) is 134 cm³/mol. The van der Waals surface area contributed by atoms with Crippen LogP contribution >= 0.6 is 11.3 Å². The van der Waals surface area contributed by atoms with Crippen molar-refractivity contribution in [2.24, 2.45) is 0 Å². The minimum Gasteiger partial charge on any atom is -0.318 e. The highest BCUT2D eigenvalue weighted by Gasteiger charge is 2.27. The fraction of sp³-hybridized carbons (Fsp3) is 0.320. The number of aromatic nitrogens is 1. The quantitative estimate of drug-likeness (QED) is 0.446. The number of carbonyl (C=O) groups is 2. The van der Waals surface area contributed by atoms with E-state index in [1.54, 1.807) is 0 Å². The second-order valence-corrected chi connectivity index (χ2v) is 9.32. The first-order valence-electron chi connectivity index (χ1n) is 11.1. The van der Waals surface area contributed by atoms with Crippen molar-refractivity contribution in [2.45, 2.75) is 20.3 Å². The standard InChI is InChI=1S/C25H29N5O2S/c1-16-6-4-5-7-20(16)24(32)30-13-10-18-14-19(8-9-21(18)30)23-17(2)33-25(29-23)28-22(31)15-27-12-11-26-3/h4-9,14,26-27H,10-13,15H2,1-3H3,(H,28,29,31). The number of benzene rings is 2. The minimum absolute atomic E-state index is 0.0396. The van der Waals surface area contributed by atoms with E-state index in [1.165, 1.54) is 11.3 Å². The lowest BCUT2D eigenvalue weighted by molar-refractivity contribution is -0.115. The van der Waals surface area contributed by atoms with Crippen LogP contribution in [-0.4, -0.2) is 50.0 Å². The van der Waals surface area contributed by atoms with Crippen molar-refractivity contribution in [2.75, 3.05) is 43.4 Å². The number of carbonyl (C=O) groups excluding carboxylic acids is 2. The Labute approximate surface area is 198 Å². The molecule has 0 bridgehead atoms. The highest BCUT2D eigenvalue weighted by molar-refractivity contribution is 7.16. The predicted octanol–water partition coefficient (Wildman–Crippen LogP) is 3.38. The Balaban J connectivity index is 1.48. The second kappa shape index (κ2) is 10.2. The molecule has 8 heteroatoms. The zero-order valence-electron chi connectivity index (χ0n) is 19.2. The third-order valence-electron chi connectivity index (χ3n) is 5.75. The van der Waals surface area contributed by atoms with Crippen molar-refractivity contribution in [3.8, 4) is 11.3 Å². The van der Waals surface area contributed by atoms with Gasteiger partial charge in [-0.2, -0.15) is 0 Å². The zero-order valence-corrected chi connectivity index (χ0v) is 20.0. The normalized spacial score (nSPS) is 12.6. The molecular formula is C25H29N5O2S. The van der Waals surface area contributed by atoms with Crippen LogP contribution in [0.1, 0.15) is 26.4 Å². The summed E-state index contributed by atoms with van der Waals surface area (Å²) in [6.45, 7) is 6.43. The van der Waals surface area contributed by atoms with Crippen LogP contribution in [0.3, 0.4) is 0 Å². The van der Waals surface area contributed by atoms with Crippen LogP contribution in [0.2, 0.25) is 0 Å². The summed E-state index contributed by atoms with van der Waals surface area (Å²) in [4.78, 5) is 32.9. The van der Waals surface area contributed by atoms with E-state index in [4.69, 9.17) is 0 Å². The molecule has 0 spiro atoms. The number of anilines is 2. The molecule has 3 aromatic rings. The van der Waals surface area contributed by atoms with Gasteiger partial charge in [0.2, 0.25) is 5.91 Å². The second-order valence-electron chi connectivity index (χ2n) is 8.12. The molecule has 1 aromatic heterocycles. The number of rotatable bonds is 8. The maximum absolute atomic E-state index is 13.1. The van der Waals surface area contributed by atoms with Gasteiger partial charge in [0, 0.05) is 41.3 Å². The van der Waals surface area contributed by atoms with Gasteiger partial charge in [0.25, 0.3) is 5.91 Å². The molecule has 0 saturated heterocycles. The average molecular weight is 464 g/mol. The molecule has 2 heterocycles. The molecule has 0 aliphatic carbocycles. The molecule has 0 atom stereocenters. The summed E-state index contributed by atoms with van der Waals surface area (Å²) in [5, 5.41) is 9.59. The lowest BCUT2D eigenvalue weighted by Crippen LogP contribution is -2.32. The number of thiazole rings is 1. The summed E-state index contributed by atoms with van der Waals surface area (Å²) >= 11 is 1.47. The van der Waals surface area contributed by atoms with E-state index in [0.717, 1.165) is 58.0 Å². The third-order valence-corrected chi connectivity index (χ3v) is 6.64. The van der Waals surface area contributed by atoms with Crippen LogP contribution < -0.4 is 20.9 Å². The fourth-order valence-corrected chi connectivity index (χ4v) is 4.87. The first-order chi connectivity index (χ1) is 16.0. The molecule has 1 aliphatic heterocycles. The average Bonchev–Trinajstić information content (AvgIpc) is 3.39. The molecule has 2 amide bonds. The third kappa shape index (κ3) is 5.13. The van der Waals surface area contributed by atoms with Crippen LogP contribution in [0, 0.1) is 13.8 Å². The van der Waals surface area contributed by atoms with E-state index >= 15 is 0 Å². The highest BCUT2D eigenvalue weighted by Crippen LogP contribution is 2.36. The van der Waals surface area contributed by atoms with Crippen molar-refractivity contribution < 1.29 is 9.59 Å². The van der Waals surface area contributed by atoms with Crippen molar-refractivity contribution in [1.82, 2.24) is 15.6 Å². The largest absolute Gasteiger partial charge is 0.318 e. The lowest BCUT2D eigenvalue weighted by atomic mass is 10.0. The van der Waals surface area contributed by atoms with Gasteiger partial charge < -0.3 is 20.9 Å². The Hall–Kier alpha value is -3.07. The first kappa shape index (κ1) is 23.1. The van der Waals surface area contributed by atoms with Gasteiger partial charge in [0.1, 0.15) is 0 Å². The van der Waals surface area contributed by atoms with Gasteiger partial charge in [-0.15, -0.1) is 11.3 Å². The summed E-state index contributed by atoms with van der Waals surface area (Å²) < 4.78 is 0. The van der Waals surface area contributed by atoms with Crippen LogP contribution in [0.15, 0.2) is 42.5 Å². The molecular weight excluding hydrogens is 434 g/mol. The molecule has 3 N–H and O–H groups in total. The summed E-state index contributed by atoms with van der Waals surface area (Å²) in [5.74, 6) is -0.0662. The number of hydrogen-bond donors (Lipinski definition) is 3. The van der Waals surface area contributed by atoms with Crippen molar-refractivity contribution >= 4 is 34.0 Å². The van der Waals surface area contributed by atoms with Gasteiger partial charge in [-0.1, -0.05) is 24.3 Å². The monoisotopic (exact) mass is 463 g/mol. The van der Waals surface area contributed by atoms with E-state index < -0.39 is 0 Å². The number of hydrogen-bond acceptors (Lipinski definition) is 6. The zero-order chi connectivity index (χ0) is 23.4. The van der Waals surface area contributed by atoms with Gasteiger partial charge >= 0.3 is 0 Å². The number of fused-ring (bicyclic) bond motifs is 1. The molecule has 1 aliphatic rings. The van der Waals surface area contributed by atoms with Crippen LogP contribution in [0.25, 0.3) is 11.3 Å². The molecule has 172 valence electrons. The molecule has 0 fully saturated rings. The van der Waals surface area contributed by atoms with Crippen LogP contribution in [0.5, 0.6) is 0 Å². The summed E-state index contributed by atoms with van der Waals surface area (Å²) in [5.41, 5.74) is 5.69. The number of nitrogens with zero attached hydrogens (tertiary/aromatic N) is 2. The van der Waals surface area contributed by atoms with Crippen molar-refractivity contribution in [1.29, 1.82) is 0 Å². The summed E-state index contributed by atoms with van der Waals surface area (Å²) in [6.07, 6.45) is 0.811. The van der Waals surface area contributed by atoms with E-state index in [2.05, 4.69) is 27.0 Å². The Morgan fingerprint density at radius 1 is 1.12 bits per heavy atom. The maximum atomic E-state index is 13.1. The van der Waals surface area contributed by atoms with Crippen molar-refractivity contribution in [3.05, 3.63) is 64.0 Å². The van der Waals surface area contributed by atoms with E-state index in [0.29, 0.717) is 11.7 Å². The fourth-order valence-electron chi connectivity index (χ4n) is 4.01. The molecule has 0 unspecified atom stereocenters. The molecule has 0 saturated carbocycles. The lowest BCUT2D eigenvalue weighted by Gasteiger charge is -2.18. The Bertz CT molecular complexity index is 1170. The van der Waals surface area contributed by atoms with E-state index in [-0.39, 0.29) is 18.4 Å². The molecule has 0 radical (unpaired) electrons. The Morgan fingerprint density at radius 3 is 2.73 bits per heavy atom. The Morgan fingerprint density at radius 2 is 1.94 bits per heavy atom. The van der Waals surface area contributed by atoms with Crippen LogP contribution in [-0.2, 0) is 11.2 Å². The molecule has 33 heavy (non-hydrogen) atoms. The summed E-state index contributed by atoms with van der Waals surface area (Å²) in [7, 11) is 1.88. The minimum atomic E-state index is -0.106. The number of amides is 2. The maximum Gasteiger partial charge on any atom is 0.258 e. The van der Waals surface area contributed by atoms with Gasteiger partial charge in [-0.05, 0) is 56.6 Å². The van der Waals surface area contributed by atoms with E-state index in [9.17, 15) is 9.59 Å². The van der Waals surface area contributed by atoms with Gasteiger partial charge in [-0.3, -0.25) is 9.59 Å². The van der Waals surface area contributed by atoms with Crippen molar-refractivity contribution in [3.63, 3.8) is 0 Å². The smallest absolute Gasteiger partial charge is 0.258 e. The highest BCUT2D eigenvalue weighted by atomic mass is 32.1. The number of likely N-dealkylation sites (N-methyl/N-ethyl adjacent to an activating group) is 1. The molecule has 7 nitrogen and oxygen atoms in total. The van der Waals surface area contributed by atoms with Gasteiger partial charge in [0.05, 0.1) is 12.2 Å². The molecule has 4 rings (SSSR count).